The minimum atomic E-state index is -0.204. The summed E-state index contributed by atoms with van der Waals surface area (Å²) in [5.41, 5.74) is 3.19. The van der Waals surface area contributed by atoms with Gasteiger partial charge in [-0.1, -0.05) is 18.2 Å². The number of amidine groups is 1. The largest absolute Gasteiger partial charge is 0.497 e. The van der Waals surface area contributed by atoms with E-state index in [9.17, 15) is 4.79 Å². The standard InChI is InChI=1S/C23H19N5O2S/c1-30-19-10-8-16(9-11-19)21-17(15-28(27-21)13-5-12-24)14-20-22(29)26-23(31-20)25-18-6-3-2-4-7-18/h2-4,6-11,14-15H,5,13H2,1H3,(H,25,26,29)/b20-14-. The molecule has 1 aromatic heterocycles. The van der Waals surface area contributed by atoms with Crippen molar-refractivity contribution in [3.63, 3.8) is 0 Å². The molecule has 1 N–H and O–H groups in total. The summed E-state index contributed by atoms with van der Waals surface area (Å²) in [4.78, 5) is 17.5. The molecule has 154 valence electrons. The zero-order chi connectivity index (χ0) is 21.6. The number of methoxy groups -OCH3 is 1. The third-order valence-electron chi connectivity index (χ3n) is 4.53. The number of para-hydroxylation sites is 1. The summed E-state index contributed by atoms with van der Waals surface area (Å²) in [5, 5.41) is 16.9. The Bertz CT molecular complexity index is 1190. The maximum absolute atomic E-state index is 12.5. The van der Waals surface area contributed by atoms with Crippen LogP contribution in [0.1, 0.15) is 12.0 Å². The highest BCUT2D eigenvalue weighted by atomic mass is 32.2. The zero-order valence-electron chi connectivity index (χ0n) is 16.8. The lowest BCUT2D eigenvalue weighted by Crippen LogP contribution is -2.19. The number of ether oxygens (including phenoxy) is 1. The Balaban J connectivity index is 1.66. The van der Waals surface area contributed by atoms with E-state index in [0.29, 0.717) is 23.0 Å². The number of carbonyl (C=O) groups is 1. The number of aliphatic imine (C=N–C) groups is 1. The molecule has 0 aliphatic carbocycles. The predicted molar refractivity (Wildman–Crippen MR) is 122 cm³/mol. The highest BCUT2D eigenvalue weighted by Crippen LogP contribution is 2.31. The van der Waals surface area contributed by atoms with Gasteiger partial charge in [-0.25, -0.2) is 4.99 Å². The van der Waals surface area contributed by atoms with Gasteiger partial charge in [-0.05, 0) is 54.2 Å². The minimum absolute atomic E-state index is 0.204. The number of thioether (sulfide) groups is 1. The predicted octanol–water partition coefficient (Wildman–Crippen LogP) is 4.36. The second-order valence-corrected chi connectivity index (χ2v) is 7.68. The lowest BCUT2D eigenvalue weighted by Gasteiger charge is -2.02. The van der Waals surface area contributed by atoms with Gasteiger partial charge in [-0.3, -0.25) is 9.48 Å². The quantitative estimate of drug-likeness (QED) is 0.588. The van der Waals surface area contributed by atoms with Crippen molar-refractivity contribution in [3.8, 4) is 23.1 Å². The van der Waals surface area contributed by atoms with Crippen LogP contribution in [0.25, 0.3) is 17.3 Å². The van der Waals surface area contributed by atoms with Crippen molar-refractivity contribution in [2.24, 2.45) is 4.99 Å². The van der Waals surface area contributed by atoms with E-state index in [1.165, 1.54) is 11.8 Å². The van der Waals surface area contributed by atoms with E-state index in [-0.39, 0.29) is 5.91 Å². The SMILES string of the molecule is COc1ccc(-c2nn(CCC#N)cc2/C=C2\SC(=Nc3ccccc3)NC2=O)cc1. The molecule has 7 nitrogen and oxygen atoms in total. The Hall–Kier alpha value is -3.83. The number of hydrogen-bond acceptors (Lipinski definition) is 6. The Morgan fingerprint density at radius 2 is 2.00 bits per heavy atom. The second kappa shape index (κ2) is 9.32. The molecule has 1 fully saturated rings. The van der Waals surface area contributed by atoms with Gasteiger partial charge in [-0.15, -0.1) is 0 Å². The normalized spacial score (nSPS) is 15.8. The molecule has 3 aromatic rings. The second-order valence-electron chi connectivity index (χ2n) is 6.65. The number of nitrogens with one attached hydrogen (secondary N) is 1. The van der Waals surface area contributed by atoms with E-state index in [1.54, 1.807) is 11.8 Å². The van der Waals surface area contributed by atoms with E-state index in [1.807, 2.05) is 66.9 Å². The van der Waals surface area contributed by atoms with Crippen LogP contribution in [0.3, 0.4) is 0 Å². The van der Waals surface area contributed by atoms with Gasteiger partial charge >= 0.3 is 0 Å². The van der Waals surface area contributed by atoms with E-state index in [0.717, 1.165) is 28.3 Å². The lowest BCUT2D eigenvalue weighted by atomic mass is 10.1. The maximum atomic E-state index is 12.5. The number of hydrogen-bond donors (Lipinski definition) is 1. The summed E-state index contributed by atoms with van der Waals surface area (Å²) in [6, 6.07) is 19.2. The van der Waals surface area contributed by atoms with E-state index < -0.39 is 0 Å². The third kappa shape index (κ3) is 4.85. The van der Waals surface area contributed by atoms with Crippen molar-refractivity contribution in [2.75, 3.05) is 7.11 Å². The fourth-order valence-electron chi connectivity index (χ4n) is 3.04. The molecule has 2 aromatic carbocycles. The van der Waals surface area contributed by atoms with Crippen molar-refractivity contribution < 1.29 is 9.53 Å². The molecular formula is C23H19N5O2S. The van der Waals surface area contributed by atoms with Gasteiger partial charge in [0.1, 0.15) is 5.75 Å². The fourth-order valence-corrected chi connectivity index (χ4v) is 3.87. The highest BCUT2D eigenvalue weighted by molar-refractivity contribution is 8.18. The molecule has 0 saturated carbocycles. The summed E-state index contributed by atoms with van der Waals surface area (Å²) < 4.78 is 6.96. The van der Waals surface area contributed by atoms with Crippen LogP contribution < -0.4 is 10.1 Å². The number of aryl methyl sites for hydroxylation is 1. The molecule has 1 saturated heterocycles. The first-order chi connectivity index (χ1) is 15.2. The maximum Gasteiger partial charge on any atom is 0.264 e. The molecule has 8 heteroatoms. The topological polar surface area (TPSA) is 92.3 Å². The van der Waals surface area contributed by atoms with Crippen molar-refractivity contribution in [3.05, 3.63) is 71.3 Å². The van der Waals surface area contributed by atoms with Crippen LogP contribution in [0.15, 0.2) is 70.7 Å². The Morgan fingerprint density at radius 3 is 2.71 bits per heavy atom. The molecule has 0 radical (unpaired) electrons. The van der Waals surface area contributed by atoms with Gasteiger partial charge in [0.15, 0.2) is 5.17 Å². The van der Waals surface area contributed by atoms with Crippen molar-refractivity contribution >= 4 is 34.6 Å². The van der Waals surface area contributed by atoms with E-state index in [2.05, 4.69) is 21.5 Å². The monoisotopic (exact) mass is 429 g/mol. The summed E-state index contributed by atoms with van der Waals surface area (Å²) in [5.74, 6) is 0.546. The number of aromatic nitrogens is 2. The molecule has 1 aliphatic rings. The molecule has 2 heterocycles. The first-order valence-electron chi connectivity index (χ1n) is 9.60. The summed E-state index contributed by atoms with van der Waals surface area (Å²) in [7, 11) is 1.62. The molecule has 0 atom stereocenters. The first kappa shape index (κ1) is 20.4. The van der Waals surface area contributed by atoms with Crippen molar-refractivity contribution in [1.82, 2.24) is 15.1 Å². The molecule has 1 aliphatic heterocycles. The molecule has 0 bridgehead atoms. The van der Waals surface area contributed by atoms with Gasteiger partial charge in [0, 0.05) is 17.3 Å². The van der Waals surface area contributed by atoms with Crippen LogP contribution >= 0.6 is 11.8 Å². The number of rotatable bonds is 6. The molecule has 0 unspecified atom stereocenters. The van der Waals surface area contributed by atoms with E-state index in [4.69, 9.17) is 10.00 Å². The van der Waals surface area contributed by atoms with Gasteiger partial charge in [0.25, 0.3) is 5.91 Å². The smallest absolute Gasteiger partial charge is 0.264 e. The van der Waals surface area contributed by atoms with Crippen LogP contribution in [-0.2, 0) is 11.3 Å². The molecule has 4 rings (SSSR count). The molecule has 0 spiro atoms. The number of nitrogens with zero attached hydrogens (tertiary/aromatic N) is 4. The Labute approximate surface area is 184 Å². The van der Waals surface area contributed by atoms with Crippen molar-refractivity contribution in [1.29, 1.82) is 5.26 Å². The van der Waals surface area contributed by atoms with Crippen LogP contribution in [0.4, 0.5) is 5.69 Å². The number of benzene rings is 2. The van der Waals surface area contributed by atoms with Gasteiger partial charge < -0.3 is 10.1 Å². The van der Waals surface area contributed by atoms with Crippen LogP contribution in [0.5, 0.6) is 5.75 Å². The summed E-state index contributed by atoms with van der Waals surface area (Å²) in [6.45, 7) is 0.475. The van der Waals surface area contributed by atoms with Crippen LogP contribution in [0.2, 0.25) is 0 Å². The van der Waals surface area contributed by atoms with Gasteiger partial charge in [0.05, 0.1) is 42.4 Å². The number of nitriles is 1. The number of carbonyl (C=O) groups excluding carboxylic acids is 1. The third-order valence-corrected chi connectivity index (χ3v) is 5.44. The first-order valence-corrected chi connectivity index (χ1v) is 10.4. The Morgan fingerprint density at radius 1 is 1.23 bits per heavy atom. The fraction of sp³-hybridized carbons (Fsp3) is 0.130. The highest BCUT2D eigenvalue weighted by Gasteiger charge is 2.25. The minimum Gasteiger partial charge on any atom is -0.497 e. The van der Waals surface area contributed by atoms with Crippen LogP contribution in [0, 0.1) is 11.3 Å². The summed E-state index contributed by atoms with van der Waals surface area (Å²) in [6.07, 6.45) is 4.01. The average molecular weight is 430 g/mol. The van der Waals surface area contributed by atoms with Crippen LogP contribution in [-0.4, -0.2) is 28.0 Å². The Kier molecular flexibility index (Phi) is 6.15. The zero-order valence-corrected chi connectivity index (χ0v) is 17.6. The van der Waals surface area contributed by atoms with Gasteiger partial charge in [-0.2, -0.15) is 10.4 Å². The molecular weight excluding hydrogens is 410 g/mol. The average Bonchev–Trinajstić information content (AvgIpc) is 3.36. The number of amides is 1. The van der Waals surface area contributed by atoms with E-state index >= 15 is 0 Å². The lowest BCUT2D eigenvalue weighted by molar-refractivity contribution is -0.115. The van der Waals surface area contributed by atoms with Crippen molar-refractivity contribution in [2.45, 2.75) is 13.0 Å². The molecule has 31 heavy (non-hydrogen) atoms. The summed E-state index contributed by atoms with van der Waals surface area (Å²) >= 11 is 1.29. The molecule has 1 amide bonds. The van der Waals surface area contributed by atoms with Gasteiger partial charge in [0.2, 0.25) is 0 Å².